The third kappa shape index (κ3) is 3.14. The van der Waals surface area contributed by atoms with E-state index in [4.69, 9.17) is 9.47 Å². The lowest BCUT2D eigenvalue weighted by Crippen LogP contribution is -2.45. The fraction of sp³-hybridized carbons (Fsp3) is 0.765. The predicted octanol–water partition coefficient (Wildman–Crippen LogP) is 3.50. The first-order chi connectivity index (χ1) is 9.60. The van der Waals surface area contributed by atoms with Crippen LogP contribution >= 0.6 is 0 Å². The summed E-state index contributed by atoms with van der Waals surface area (Å²) in [6.45, 7) is 14.4. The van der Waals surface area contributed by atoms with Gasteiger partial charge in [-0.2, -0.15) is 0 Å². The number of carbonyl (C=O) groups excluding carboxylic acids is 2. The molecule has 0 saturated heterocycles. The molecule has 0 saturated carbocycles. The maximum absolute atomic E-state index is 12.5. The van der Waals surface area contributed by atoms with E-state index in [1.165, 1.54) is 0 Å². The monoisotopic (exact) mass is 296 g/mol. The van der Waals surface area contributed by atoms with Crippen LogP contribution in [-0.2, 0) is 19.1 Å². The lowest BCUT2D eigenvalue weighted by atomic mass is 9.55. The summed E-state index contributed by atoms with van der Waals surface area (Å²) in [4.78, 5) is 24.8. The van der Waals surface area contributed by atoms with Crippen molar-refractivity contribution in [2.45, 2.75) is 54.9 Å². The van der Waals surface area contributed by atoms with Crippen LogP contribution < -0.4 is 0 Å². The molecule has 1 unspecified atom stereocenters. The Balaban J connectivity index is 3.50. The Bertz CT molecular complexity index is 457. The van der Waals surface area contributed by atoms with Gasteiger partial charge < -0.3 is 9.47 Å². The van der Waals surface area contributed by atoms with Crippen LogP contribution in [0.15, 0.2) is 11.1 Å². The fourth-order valence-corrected chi connectivity index (χ4v) is 3.12. The van der Waals surface area contributed by atoms with E-state index in [0.29, 0.717) is 24.4 Å². The molecule has 4 heteroatoms. The van der Waals surface area contributed by atoms with Gasteiger partial charge in [-0.3, -0.25) is 0 Å². The van der Waals surface area contributed by atoms with E-state index in [1.54, 1.807) is 13.8 Å². The first-order valence-electron chi connectivity index (χ1n) is 7.69. The quantitative estimate of drug-likeness (QED) is 0.745. The highest BCUT2D eigenvalue weighted by Gasteiger charge is 2.51. The van der Waals surface area contributed by atoms with Gasteiger partial charge in [-0.1, -0.05) is 34.6 Å². The SMILES string of the molecule is CCOC(=O)C1=C(C(=O)OCC)C(C)(C)C(C)(C)CC1C. The topological polar surface area (TPSA) is 52.6 Å². The number of carbonyl (C=O) groups is 2. The molecule has 0 N–H and O–H groups in total. The Morgan fingerprint density at radius 2 is 1.52 bits per heavy atom. The summed E-state index contributed by atoms with van der Waals surface area (Å²) in [5.41, 5.74) is 0.407. The van der Waals surface area contributed by atoms with Crippen LogP contribution in [0.2, 0.25) is 0 Å². The minimum atomic E-state index is -0.451. The van der Waals surface area contributed by atoms with Crippen LogP contribution in [0.25, 0.3) is 0 Å². The first-order valence-corrected chi connectivity index (χ1v) is 7.69. The molecule has 1 rings (SSSR count). The number of hydrogen-bond acceptors (Lipinski definition) is 4. The molecule has 0 aromatic carbocycles. The van der Waals surface area contributed by atoms with E-state index in [0.717, 1.165) is 6.42 Å². The highest BCUT2D eigenvalue weighted by atomic mass is 16.5. The second-order valence-corrected chi connectivity index (χ2v) is 6.84. The van der Waals surface area contributed by atoms with Gasteiger partial charge in [0, 0.05) is 5.41 Å². The minimum absolute atomic E-state index is 0.0218. The predicted molar refractivity (Wildman–Crippen MR) is 81.6 cm³/mol. The average molecular weight is 296 g/mol. The van der Waals surface area contributed by atoms with E-state index in [-0.39, 0.29) is 11.3 Å². The van der Waals surface area contributed by atoms with Crippen molar-refractivity contribution >= 4 is 11.9 Å². The van der Waals surface area contributed by atoms with Gasteiger partial charge in [0.15, 0.2) is 0 Å². The molecule has 120 valence electrons. The standard InChI is InChI=1S/C17H28O4/c1-8-20-14(18)12-11(3)10-16(4,5)17(6,7)13(12)15(19)21-9-2/h11H,8-10H2,1-7H3. The summed E-state index contributed by atoms with van der Waals surface area (Å²) >= 11 is 0. The molecular formula is C17H28O4. The van der Waals surface area contributed by atoms with Crippen LogP contribution in [0, 0.1) is 16.7 Å². The van der Waals surface area contributed by atoms with Crippen molar-refractivity contribution in [1.29, 1.82) is 0 Å². The molecule has 0 aromatic rings. The molecule has 0 fully saturated rings. The van der Waals surface area contributed by atoms with Gasteiger partial charge in [-0.05, 0) is 31.6 Å². The van der Waals surface area contributed by atoms with Crippen molar-refractivity contribution in [3.05, 3.63) is 11.1 Å². The minimum Gasteiger partial charge on any atom is -0.463 e. The third-order valence-corrected chi connectivity index (χ3v) is 4.87. The Hall–Kier alpha value is -1.32. The van der Waals surface area contributed by atoms with Gasteiger partial charge in [0.1, 0.15) is 0 Å². The number of rotatable bonds is 4. The average Bonchev–Trinajstić information content (AvgIpc) is 2.33. The summed E-state index contributed by atoms with van der Waals surface area (Å²) in [6, 6.07) is 0. The Kier molecular flexibility index (Phi) is 5.24. The Morgan fingerprint density at radius 1 is 1.05 bits per heavy atom. The lowest BCUT2D eigenvalue weighted by molar-refractivity contribution is -0.145. The van der Waals surface area contributed by atoms with Crippen LogP contribution in [0.5, 0.6) is 0 Å². The summed E-state index contributed by atoms with van der Waals surface area (Å²) in [5, 5.41) is 0. The van der Waals surface area contributed by atoms with Crippen LogP contribution in [0.1, 0.15) is 54.9 Å². The van der Waals surface area contributed by atoms with Crippen molar-refractivity contribution in [3.63, 3.8) is 0 Å². The van der Waals surface area contributed by atoms with Crippen molar-refractivity contribution in [2.75, 3.05) is 13.2 Å². The van der Waals surface area contributed by atoms with Crippen molar-refractivity contribution in [3.8, 4) is 0 Å². The van der Waals surface area contributed by atoms with E-state index < -0.39 is 17.4 Å². The smallest absolute Gasteiger partial charge is 0.335 e. The molecule has 0 radical (unpaired) electrons. The van der Waals surface area contributed by atoms with E-state index >= 15 is 0 Å². The second kappa shape index (κ2) is 6.20. The van der Waals surface area contributed by atoms with Crippen LogP contribution in [0.3, 0.4) is 0 Å². The van der Waals surface area contributed by atoms with Gasteiger partial charge in [0.25, 0.3) is 0 Å². The zero-order valence-electron chi connectivity index (χ0n) is 14.3. The molecule has 0 heterocycles. The Labute approximate surface area is 127 Å². The zero-order chi connectivity index (χ0) is 16.4. The normalized spacial score (nSPS) is 23.7. The summed E-state index contributed by atoms with van der Waals surface area (Å²) in [5.74, 6) is -0.812. The van der Waals surface area contributed by atoms with Gasteiger partial charge in [-0.15, -0.1) is 0 Å². The maximum Gasteiger partial charge on any atom is 0.335 e. The van der Waals surface area contributed by atoms with Crippen LogP contribution in [-0.4, -0.2) is 25.2 Å². The van der Waals surface area contributed by atoms with E-state index in [9.17, 15) is 9.59 Å². The third-order valence-electron chi connectivity index (χ3n) is 4.87. The molecule has 0 aromatic heterocycles. The van der Waals surface area contributed by atoms with Gasteiger partial charge in [0.2, 0.25) is 0 Å². The molecule has 0 aliphatic heterocycles. The van der Waals surface area contributed by atoms with Crippen molar-refractivity contribution in [1.82, 2.24) is 0 Å². The van der Waals surface area contributed by atoms with Gasteiger partial charge in [-0.25, -0.2) is 9.59 Å². The summed E-state index contributed by atoms with van der Waals surface area (Å²) in [6.07, 6.45) is 0.830. The highest BCUT2D eigenvalue weighted by Crippen LogP contribution is 2.54. The van der Waals surface area contributed by atoms with Gasteiger partial charge in [0.05, 0.1) is 24.4 Å². The molecule has 0 spiro atoms. The molecule has 0 bridgehead atoms. The second-order valence-electron chi connectivity index (χ2n) is 6.84. The van der Waals surface area contributed by atoms with Crippen molar-refractivity contribution in [2.24, 2.45) is 16.7 Å². The Morgan fingerprint density at radius 3 is 2.00 bits per heavy atom. The number of esters is 2. The number of hydrogen-bond donors (Lipinski definition) is 0. The number of ether oxygens (including phenoxy) is 2. The van der Waals surface area contributed by atoms with E-state index in [1.807, 2.05) is 20.8 Å². The molecule has 1 aliphatic rings. The fourth-order valence-electron chi connectivity index (χ4n) is 3.12. The van der Waals surface area contributed by atoms with Crippen LogP contribution in [0.4, 0.5) is 0 Å². The summed E-state index contributed by atoms with van der Waals surface area (Å²) in [7, 11) is 0. The molecule has 1 aliphatic carbocycles. The van der Waals surface area contributed by atoms with Crippen molar-refractivity contribution < 1.29 is 19.1 Å². The maximum atomic E-state index is 12.5. The molecule has 1 atom stereocenters. The lowest BCUT2D eigenvalue weighted by Gasteiger charge is -2.48. The summed E-state index contributed by atoms with van der Waals surface area (Å²) < 4.78 is 10.4. The highest BCUT2D eigenvalue weighted by molar-refractivity contribution is 6.02. The molecule has 0 amide bonds. The first kappa shape index (κ1) is 17.7. The van der Waals surface area contributed by atoms with Gasteiger partial charge >= 0.3 is 11.9 Å². The largest absolute Gasteiger partial charge is 0.463 e. The molecular weight excluding hydrogens is 268 g/mol. The molecule has 4 nitrogen and oxygen atoms in total. The molecule has 21 heavy (non-hydrogen) atoms. The van der Waals surface area contributed by atoms with E-state index in [2.05, 4.69) is 13.8 Å². The zero-order valence-corrected chi connectivity index (χ0v) is 14.3.